The van der Waals surface area contributed by atoms with Crippen molar-refractivity contribution in [3.05, 3.63) is 18.5 Å². The molecule has 2 atom stereocenters. The van der Waals surface area contributed by atoms with Crippen LogP contribution in [0.15, 0.2) is 18.5 Å². The highest BCUT2D eigenvalue weighted by Gasteiger charge is 2.33. The largest absolute Gasteiger partial charge is 0.340 e. The topological polar surface area (TPSA) is 52.6 Å². The van der Waals surface area contributed by atoms with Crippen molar-refractivity contribution >= 4 is 11.9 Å². The summed E-state index contributed by atoms with van der Waals surface area (Å²) in [6.45, 7) is 6.59. The maximum atomic E-state index is 12.9. The summed E-state index contributed by atoms with van der Waals surface area (Å²) in [6, 6.07) is 2.12. The van der Waals surface area contributed by atoms with Gasteiger partial charge in [-0.3, -0.25) is 4.79 Å². The van der Waals surface area contributed by atoms with Crippen LogP contribution in [0.3, 0.4) is 0 Å². The number of carbonyl (C=O) groups excluding carboxylic acids is 1. The molecule has 6 nitrogen and oxygen atoms in total. The molecule has 6 heteroatoms. The first-order valence-corrected chi connectivity index (χ1v) is 8.16. The molecule has 120 valence electrons. The van der Waals surface area contributed by atoms with E-state index in [1.165, 1.54) is 0 Å². The molecule has 2 aliphatic heterocycles. The summed E-state index contributed by atoms with van der Waals surface area (Å²) < 4.78 is 0. The second kappa shape index (κ2) is 6.60. The van der Waals surface area contributed by atoms with E-state index in [1.807, 2.05) is 6.07 Å². The average Bonchev–Trinajstić information content (AvgIpc) is 2.55. The molecule has 3 rings (SSSR count). The van der Waals surface area contributed by atoms with Gasteiger partial charge in [-0.2, -0.15) is 0 Å². The zero-order chi connectivity index (χ0) is 15.5. The molecule has 2 aliphatic rings. The number of piperazine rings is 1. The zero-order valence-corrected chi connectivity index (χ0v) is 13.5. The van der Waals surface area contributed by atoms with Gasteiger partial charge in [0.25, 0.3) is 0 Å². The van der Waals surface area contributed by atoms with Gasteiger partial charge in [0.2, 0.25) is 11.9 Å². The number of hydrogen-bond acceptors (Lipinski definition) is 5. The predicted molar refractivity (Wildman–Crippen MR) is 85.6 cm³/mol. The molecule has 0 aliphatic carbocycles. The summed E-state index contributed by atoms with van der Waals surface area (Å²) >= 11 is 0. The highest BCUT2D eigenvalue weighted by molar-refractivity contribution is 5.80. The Morgan fingerprint density at radius 2 is 1.95 bits per heavy atom. The lowest BCUT2D eigenvalue weighted by Gasteiger charge is -2.41. The number of carbonyl (C=O) groups is 1. The number of amides is 1. The van der Waals surface area contributed by atoms with Crippen molar-refractivity contribution in [3.63, 3.8) is 0 Å². The minimum Gasteiger partial charge on any atom is -0.340 e. The third-order valence-corrected chi connectivity index (χ3v) is 4.72. The molecule has 2 unspecified atom stereocenters. The Balaban J connectivity index is 1.65. The van der Waals surface area contributed by atoms with Gasteiger partial charge in [0, 0.05) is 51.2 Å². The van der Waals surface area contributed by atoms with E-state index >= 15 is 0 Å². The lowest BCUT2D eigenvalue weighted by molar-refractivity contribution is -0.140. The van der Waals surface area contributed by atoms with Crippen molar-refractivity contribution < 1.29 is 4.79 Å². The zero-order valence-electron chi connectivity index (χ0n) is 13.5. The van der Waals surface area contributed by atoms with Crippen molar-refractivity contribution in [3.8, 4) is 0 Å². The predicted octanol–water partition coefficient (Wildman–Crippen LogP) is 0.855. The van der Waals surface area contributed by atoms with Crippen molar-refractivity contribution in [2.45, 2.75) is 25.8 Å². The smallest absolute Gasteiger partial charge is 0.227 e. The highest BCUT2D eigenvalue weighted by Crippen LogP contribution is 2.23. The molecule has 1 aromatic heterocycles. The lowest BCUT2D eigenvalue weighted by atomic mass is 9.95. The first-order valence-electron chi connectivity index (χ1n) is 8.16. The quantitative estimate of drug-likeness (QED) is 0.811. The Bertz CT molecular complexity index is 509. The highest BCUT2D eigenvalue weighted by atomic mass is 16.2. The molecule has 0 radical (unpaired) electrons. The fourth-order valence-electron chi connectivity index (χ4n) is 3.52. The Labute approximate surface area is 132 Å². The van der Waals surface area contributed by atoms with Crippen molar-refractivity contribution in [1.82, 2.24) is 19.8 Å². The van der Waals surface area contributed by atoms with Crippen LogP contribution in [-0.4, -0.2) is 71.5 Å². The maximum absolute atomic E-state index is 12.9. The maximum Gasteiger partial charge on any atom is 0.227 e. The van der Waals surface area contributed by atoms with Crippen molar-refractivity contribution in [1.29, 1.82) is 0 Å². The van der Waals surface area contributed by atoms with Crippen LogP contribution in [0.4, 0.5) is 5.95 Å². The molecule has 0 spiro atoms. The molecule has 0 bridgehead atoms. The molecule has 2 fully saturated rings. The van der Waals surface area contributed by atoms with Gasteiger partial charge >= 0.3 is 0 Å². The van der Waals surface area contributed by atoms with Crippen LogP contribution in [-0.2, 0) is 4.79 Å². The molecule has 1 amide bonds. The summed E-state index contributed by atoms with van der Waals surface area (Å²) in [5.41, 5.74) is 0. The van der Waals surface area contributed by atoms with E-state index in [4.69, 9.17) is 0 Å². The molecule has 0 saturated carbocycles. The minimum atomic E-state index is 0.0726. The molecule has 22 heavy (non-hydrogen) atoms. The second-order valence-electron chi connectivity index (χ2n) is 6.48. The fourth-order valence-corrected chi connectivity index (χ4v) is 3.52. The van der Waals surface area contributed by atoms with E-state index in [1.54, 1.807) is 12.4 Å². The standard InChI is InChI=1S/C16H25N5O/c1-13-11-19(2)9-10-21(13)15(22)14-5-3-8-20(12-14)16-17-6-4-7-18-16/h4,6-7,13-14H,3,5,8-12H2,1-2H3. The Morgan fingerprint density at radius 1 is 1.18 bits per heavy atom. The molecule has 2 saturated heterocycles. The van der Waals surface area contributed by atoms with E-state index in [9.17, 15) is 4.79 Å². The summed E-state index contributed by atoms with van der Waals surface area (Å²) in [5.74, 6) is 1.12. The van der Waals surface area contributed by atoms with E-state index in [0.29, 0.717) is 11.9 Å². The number of anilines is 1. The molecular formula is C16H25N5O. The number of rotatable bonds is 2. The Hall–Kier alpha value is -1.69. The van der Waals surface area contributed by atoms with E-state index in [-0.39, 0.29) is 5.92 Å². The van der Waals surface area contributed by atoms with Gasteiger partial charge in [-0.05, 0) is 32.9 Å². The summed E-state index contributed by atoms with van der Waals surface area (Å²) in [4.78, 5) is 28.0. The summed E-state index contributed by atoms with van der Waals surface area (Å²) in [6.07, 6.45) is 5.52. The number of aromatic nitrogens is 2. The van der Waals surface area contributed by atoms with Gasteiger partial charge in [0.05, 0.1) is 5.92 Å². The molecule has 1 aromatic rings. The third-order valence-electron chi connectivity index (χ3n) is 4.72. The minimum absolute atomic E-state index is 0.0726. The monoisotopic (exact) mass is 303 g/mol. The van der Waals surface area contributed by atoms with E-state index in [2.05, 4.69) is 38.6 Å². The van der Waals surface area contributed by atoms with Gasteiger partial charge in [-0.25, -0.2) is 9.97 Å². The average molecular weight is 303 g/mol. The number of likely N-dealkylation sites (N-methyl/N-ethyl adjacent to an activating group) is 1. The van der Waals surface area contributed by atoms with Crippen LogP contribution < -0.4 is 4.90 Å². The van der Waals surface area contributed by atoms with Crippen LogP contribution in [0, 0.1) is 5.92 Å². The molecular weight excluding hydrogens is 278 g/mol. The third kappa shape index (κ3) is 3.21. The second-order valence-corrected chi connectivity index (χ2v) is 6.48. The van der Waals surface area contributed by atoms with Crippen molar-refractivity contribution in [2.75, 3.05) is 44.7 Å². The SMILES string of the molecule is CC1CN(C)CCN1C(=O)C1CCCN(c2ncccn2)C1. The molecule has 0 aromatic carbocycles. The first kappa shape index (κ1) is 15.2. The van der Waals surface area contributed by atoms with Crippen LogP contribution in [0.25, 0.3) is 0 Å². The van der Waals surface area contributed by atoms with E-state index < -0.39 is 0 Å². The van der Waals surface area contributed by atoms with Crippen molar-refractivity contribution in [2.24, 2.45) is 5.92 Å². The normalized spacial score (nSPS) is 27.0. The summed E-state index contributed by atoms with van der Waals surface area (Å²) in [5, 5.41) is 0. The van der Waals surface area contributed by atoms with Gasteiger partial charge in [-0.1, -0.05) is 0 Å². The Kier molecular flexibility index (Phi) is 4.57. The van der Waals surface area contributed by atoms with Gasteiger partial charge < -0.3 is 14.7 Å². The van der Waals surface area contributed by atoms with Crippen LogP contribution in [0.5, 0.6) is 0 Å². The molecule has 3 heterocycles. The fraction of sp³-hybridized carbons (Fsp3) is 0.688. The molecule has 0 N–H and O–H groups in total. The van der Waals surface area contributed by atoms with Crippen LogP contribution in [0.1, 0.15) is 19.8 Å². The van der Waals surface area contributed by atoms with Gasteiger partial charge in [0.15, 0.2) is 0 Å². The van der Waals surface area contributed by atoms with Gasteiger partial charge in [-0.15, -0.1) is 0 Å². The first-order chi connectivity index (χ1) is 10.6. The lowest BCUT2D eigenvalue weighted by Crippen LogP contribution is -2.56. The van der Waals surface area contributed by atoms with Crippen LogP contribution >= 0.6 is 0 Å². The summed E-state index contributed by atoms with van der Waals surface area (Å²) in [7, 11) is 2.12. The number of hydrogen-bond donors (Lipinski definition) is 0. The number of piperidine rings is 1. The van der Waals surface area contributed by atoms with Crippen LogP contribution in [0.2, 0.25) is 0 Å². The Morgan fingerprint density at radius 3 is 2.68 bits per heavy atom. The number of nitrogens with zero attached hydrogens (tertiary/aromatic N) is 5. The van der Waals surface area contributed by atoms with E-state index in [0.717, 1.165) is 51.5 Å². The van der Waals surface area contributed by atoms with Gasteiger partial charge in [0.1, 0.15) is 0 Å².